The lowest BCUT2D eigenvalue weighted by molar-refractivity contribution is 0.430. The van der Waals surface area contributed by atoms with Crippen LogP contribution in [-0.4, -0.2) is 25.1 Å². The minimum absolute atomic E-state index is 0.0955. The molecule has 0 aliphatic rings. The van der Waals surface area contributed by atoms with Crippen LogP contribution in [0, 0.1) is 12.7 Å². The van der Waals surface area contributed by atoms with Crippen molar-refractivity contribution in [3.05, 3.63) is 46.5 Å². The average Bonchev–Trinajstić information content (AvgIpc) is 2.92. The summed E-state index contributed by atoms with van der Waals surface area (Å²) in [6.07, 6.45) is 3.67. The van der Waals surface area contributed by atoms with E-state index in [1.807, 2.05) is 0 Å². The van der Waals surface area contributed by atoms with Crippen molar-refractivity contribution in [1.82, 2.24) is 25.1 Å². The third-order valence-electron chi connectivity index (χ3n) is 2.65. The molecule has 0 saturated heterocycles. The van der Waals surface area contributed by atoms with Gasteiger partial charge in [0.1, 0.15) is 17.1 Å². The number of pyridine rings is 1. The van der Waals surface area contributed by atoms with Gasteiger partial charge in [-0.05, 0) is 18.6 Å². The summed E-state index contributed by atoms with van der Waals surface area (Å²) in [5.74, 6) is -0.221. The van der Waals surface area contributed by atoms with Gasteiger partial charge in [0.2, 0.25) is 5.82 Å². The van der Waals surface area contributed by atoms with Crippen molar-refractivity contribution in [3.63, 3.8) is 0 Å². The number of aromatic nitrogens is 5. The zero-order valence-corrected chi connectivity index (χ0v) is 10.3. The minimum Gasteiger partial charge on any atom is -0.332 e. The molecule has 0 unspecified atom stereocenters. The predicted molar refractivity (Wildman–Crippen MR) is 66.1 cm³/mol. The van der Waals surface area contributed by atoms with Gasteiger partial charge in [-0.25, -0.2) is 14.4 Å². The number of hydrogen-bond donors (Lipinski definition) is 1. The zero-order chi connectivity index (χ0) is 14.1. The lowest BCUT2D eigenvalue weighted by Gasteiger charge is -1.96. The highest BCUT2D eigenvalue weighted by atomic mass is 19.1. The molecule has 20 heavy (non-hydrogen) atoms. The minimum atomic E-state index is -0.419. The Balaban J connectivity index is 2.04. The Hall–Kier alpha value is -2.90. The Labute approximate surface area is 111 Å². The number of nitrogens with one attached hydrogen (secondary N) is 1. The number of rotatable bonds is 2. The van der Waals surface area contributed by atoms with Crippen LogP contribution in [0.1, 0.15) is 5.56 Å². The van der Waals surface area contributed by atoms with Crippen molar-refractivity contribution in [1.29, 1.82) is 0 Å². The summed E-state index contributed by atoms with van der Waals surface area (Å²) in [7, 11) is 0. The molecule has 0 aromatic carbocycles. The van der Waals surface area contributed by atoms with Gasteiger partial charge in [-0.1, -0.05) is 5.16 Å². The summed E-state index contributed by atoms with van der Waals surface area (Å²) in [6.45, 7) is 1.60. The SMILES string of the molecule is Cc1cc(-c2nc(-c3cnc[nH]c3=O)no2)ncc1F. The summed E-state index contributed by atoms with van der Waals surface area (Å²) in [6, 6.07) is 1.49. The molecule has 0 atom stereocenters. The third kappa shape index (κ3) is 2.07. The molecule has 100 valence electrons. The smallest absolute Gasteiger partial charge is 0.276 e. The first-order valence-electron chi connectivity index (χ1n) is 5.64. The summed E-state index contributed by atoms with van der Waals surface area (Å²) in [4.78, 5) is 25.7. The van der Waals surface area contributed by atoms with Gasteiger partial charge in [-0.2, -0.15) is 4.98 Å². The Morgan fingerprint density at radius 1 is 1.35 bits per heavy atom. The van der Waals surface area contributed by atoms with Crippen LogP contribution in [0.4, 0.5) is 4.39 Å². The molecule has 7 nitrogen and oxygen atoms in total. The van der Waals surface area contributed by atoms with Crippen molar-refractivity contribution >= 4 is 0 Å². The first-order chi connectivity index (χ1) is 9.65. The molecule has 0 aliphatic heterocycles. The van der Waals surface area contributed by atoms with Gasteiger partial charge in [-0.3, -0.25) is 4.79 Å². The summed E-state index contributed by atoms with van der Waals surface area (Å²) in [5.41, 5.74) is 0.550. The number of nitrogens with zero attached hydrogens (tertiary/aromatic N) is 4. The summed E-state index contributed by atoms with van der Waals surface area (Å²) < 4.78 is 18.2. The van der Waals surface area contributed by atoms with E-state index in [1.165, 1.54) is 18.6 Å². The van der Waals surface area contributed by atoms with Crippen molar-refractivity contribution in [3.8, 4) is 23.0 Å². The number of aromatic amines is 1. The van der Waals surface area contributed by atoms with Crippen LogP contribution < -0.4 is 5.56 Å². The topological polar surface area (TPSA) is 97.6 Å². The van der Waals surface area contributed by atoms with E-state index in [-0.39, 0.29) is 22.8 Å². The Kier molecular flexibility index (Phi) is 2.82. The van der Waals surface area contributed by atoms with Gasteiger partial charge in [0, 0.05) is 6.20 Å². The highest BCUT2D eigenvalue weighted by molar-refractivity contribution is 5.56. The van der Waals surface area contributed by atoms with Crippen LogP contribution in [0.25, 0.3) is 23.0 Å². The fourth-order valence-corrected chi connectivity index (χ4v) is 1.60. The van der Waals surface area contributed by atoms with E-state index in [9.17, 15) is 9.18 Å². The molecule has 3 heterocycles. The van der Waals surface area contributed by atoms with Crippen LogP contribution in [0.3, 0.4) is 0 Å². The van der Waals surface area contributed by atoms with Crippen LogP contribution in [0.2, 0.25) is 0 Å². The second-order valence-corrected chi connectivity index (χ2v) is 4.04. The highest BCUT2D eigenvalue weighted by Gasteiger charge is 2.15. The first kappa shape index (κ1) is 12.2. The maximum absolute atomic E-state index is 13.2. The average molecular weight is 273 g/mol. The molecule has 0 bridgehead atoms. The predicted octanol–water partition coefficient (Wildman–Crippen LogP) is 1.33. The molecule has 0 saturated carbocycles. The molecule has 0 aliphatic carbocycles. The van der Waals surface area contributed by atoms with Crippen molar-refractivity contribution < 1.29 is 8.91 Å². The molecular weight excluding hydrogens is 265 g/mol. The van der Waals surface area contributed by atoms with Crippen LogP contribution in [0.15, 0.2) is 34.1 Å². The van der Waals surface area contributed by atoms with E-state index in [4.69, 9.17) is 4.52 Å². The molecule has 1 N–H and O–H groups in total. The van der Waals surface area contributed by atoms with Crippen molar-refractivity contribution in [2.24, 2.45) is 0 Å². The molecule has 0 spiro atoms. The Morgan fingerprint density at radius 3 is 2.95 bits per heavy atom. The second-order valence-electron chi connectivity index (χ2n) is 4.04. The van der Waals surface area contributed by atoms with Crippen molar-refractivity contribution in [2.45, 2.75) is 6.92 Å². The highest BCUT2D eigenvalue weighted by Crippen LogP contribution is 2.19. The first-order valence-corrected chi connectivity index (χ1v) is 5.64. The largest absolute Gasteiger partial charge is 0.332 e. The lowest BCUT2D eigenvalue weighted by Crippen LogP contribution is -2.09. The number of halogens is 1. The van der Waals surface area contributed by atoms with Gasteiger partial charge in [0.05, 0.1) is 12.5 Å². The van der Waals surface area contributed by atoms with E-state index in [0.29, 0.717) is 11.3 Å². The summed E-state index contributed by atoms with van der Waals surface area (Å²) in [5, 5.41) is 3.70. The lowest BCUT2D eigenvalue weighted by atomic mass is 10.2. The summed E-state index contributed by atoms with van der Waals surface area (Å²) >= 11 is 0. The fraction of sp³-hybridized carbons (Fsp3) is 0.0833. The maximum Gasteiger partial charge on any atom is 0.276 e. The standard InChI is InChI=1S/C12H8FN5O2/c1-6-2-9(15-4-8(6)13)12-17-10(18-20-12)7-3-14-5-16-11(7)19/h2-5H,1H3,(H,14,16,19). The molecule has 3 aromatic rings. The van der Waals surface area contributed by atoms with Gasteiger partial charge < -0.3 is 9.51 Å². The van der Waals surface area contributed by atoms with Gasteiger partial charge in [0.25, 0.3) is 11.4 Å². The fourth-order valence-electron chi connectivity index (χ4n) is 1.60. The van der Waals surface area contributed by atoms with Crippen LogP contribution in [-0.2, 0) is 0 Å². The molecular formula is C12H8FN5O2. The number of aryl methyl sites for hydroxylation is 1. The molecule has 0 radical (unpaired) electrons. The normalized spacial score (nSPS) is 10.7. The van der Waals surface area contributed by atoms with E-state index in [2.05, 4.69) is 25.1 Å². The second kappa shape index (κ2) is 4.65. The van der Waals surface area contributed by atoms with E-state index >= 15 is 0 Å². The van der Waals surface area contributed by atoms with Crippen LogP contribution >= 0.6 is 0 Å². The van der Waals surface area contributed by atoms with E-state index < -0.39 is 5.82 Å². The third-order valence-corrected chi connectivity index (χ3v) is 2.65. The quantitative estimate of drug-likeness (QED) is 0.756. The monoisotopic (exact) mass is 273 g/mol. The maximum atomic E-state index is 13.2. The molecule has 0 amide bonds. The molecule has 3 rings (SSSR count). The Bertz CT molecular complexity index is 826. The van der Waals surface area contributed by atoms with E-state index in [1.54, 1.807) is 6.92 Å². The van der Waals surface area contributed by atoms with Crippen molar-refractivity contribution in [2.75, 3.05) is 0 Å². The number of hydrogen-bond acceptors (Lipinski definition) is 6. The van der Waals surface area contributed by atoms with E-state index in [0.717, 1.165) is 6.20 Å². The van der Waals surface area contributed by atoms with Crippen LogP contribution in [0.5, 0.6) is 0 Å². The molecule has 3 aromatic heterocycles. The van der Waals surface area contributed by atoms with Gasteiger partial charge in [0.15, 0.2) is 0 Å². The molecule has 0 fully saturated rings. The van der Waals surface area contributed by atoms with Gasteiger partial charge >= 0.3 is 0 Å². The zero-order valence-electron chi connectivity index (χ0n) is 10.3. The number of H-pyrrole nitrogens is 1. The molecule has 8 heteroatoms. The Morgan fingerprint density at radius 2 is 2.20 bits per heavy atom. The van der Waals surface area contributed by atoms with Gasteiger partial charge in [-0.15, -0.1) is 0 Å².